The largest absolute Gasteiger partial charge is 0.324 e. The molecule has 0 aromatic heterocycles. The highest BCUT2D eigenvalue weighted by atomic mass is 16.2. The first kappa shape index (κ1) is 18.3. The number of anilines is 1. The highest BCUT2D eigenvalue weighted by molar-refractivity contribution is 6.23. The molecule has 6 nitrogen and oxygen atoms in total. The molecule has 0 bridgehead atoms. The lowest BCUT2D eigenvalue weighted by atomic mass is 10.0. The number of nitriles is 1. The highest BCUT2D eigenvalue weighted by Crippen LogP contribution is 2.31. The van der Waals surface area contributed by atoms with Crippen molar-refractivity contribution in [1.82, 2.24) is 4.90 Å². The molecule has 2 aromatic rings. The molecule has 3 amide bonds. The Labute approximate surface area is 157 Å². The lowest BCUT2D eigenvalue weighted by Crippen LogP contribution is -2.45. The quantitative estimate of drug-likeness (QED) is 0.784. The zero-order valence-electron chi connectivity index (χ0n) is 15.1. The second kappa shape index (κ2) is 7.42. The zero-order valence-corrected chi connectivity index (χ0v) is 15.1. The van der Waals surface area contributed by atoms with E-state index in [0.29, 0.717) is 11.3 Å². The molecule has 2 atom stereocenters. The normalized spacial score (nSPS) is 17.5. The van der Waals surface area contributed by atoms with E-state index >= 15 is 0 Å². The van der Waals surface area contributed by atoms with Crippen molar-refractivity contribution in [3.8, 4) is 6.07 Å². The first-order valence-corrected chi connectivity index (χ1v) is 8.65. The summed E-state index contributed by atoms with van der Waals surface area (Å²) in [7, 11) is 0. The Kier molecular flexibility index (Phi) is 5.04. The second-order valence-electron chi connectivity index (χ2n) is 6.46. The van der Waals surface area contributed by atoms with Gasteiger partial charge in [-0.15, -0.1) is 0 Å². The van der Waals surface area contributed by atoms with Crippen molar-refractivity contribution in [3.05, 3.63) is 65.7 Å². The minimum absolute atomic E-state index is 0.0599. The first-order chi connectivity index (χ1) is 12.9. The third-order valence-corrected chi connectivity index (χ3v) is 4.78. The third kappa shape index (κ3) is 3.44. The molecule has 1 heterocycles. The van der Waals surface area contributed by atoms with E-state index in [2.05, 4.69) is 0 Å². The monoisotopic (exact) mass is 361 g/mol. The molecule has 1 aliphatic heterocycles. The van der Waals surface area contributed by atoms with Crippen molar-refractivity contribution in [2.45, 2.75) is 32.4 Å². The van der Waals surface area contributed by atoms with Crippen LogP contribution >= 0.6 is 0 Å². The zero-order chi connectivity index (χ0) is 19.6. The molecule has 6 heteroatoms. The number of carbonyl (C=O) groups excluding carboxylic acids is 3. The molecule has 0 spiro atoms. The van der Waals surface area contributed by atoms with Crippen LogP contribution in [-0.4, -0.2) is 28.7 Å². The maximum absolute atomic E-state index is 13.0. The van der Waals surface area contributed by atoms with Gasteiger partial charge in [0.15, 0.2) is 0 Å². The van der Waals surface area contributed by atoms with Gasteiger partial charge in [-0.2, -0.15) is 5.26 Å². The fourth-order valence-electron chi connectivity index (χ4n) is 3.44. The van der Waals surface area contributed by atoms with Gasteiger partial charge in [0, 0.05) is 6.92 Å². The van der Waals surface area contributed by atoms with Gasteiger partial charge in [-0.1, -0.05) is 30.3 Å². The van der Waals surface area contributed by atoms with E-state index in [1.54, 1.807) is 24.3 Å². The third-order valence-electron chi connectivity index (χ3n) is 4.78. The Hall–Kier alpha value is -3.46. The van der Waals surface area contributed by atoms with Crippen LogP contribution in [0.4, 0.5) is 5.69 Å². The Morgan fingerprint density at radius 3 is 2.33 bits per heavy atom. The van der Waals surface area contributed by atoms with Crippen molar-refractivity contribution >= 4 is 23.4 Å². The number of hydrogen-bond acceptors (Lipinski definition) is 4. The van der Waals surface area contributed by atoms with Crippen LogP contribution in [-0.2, 0) is 14.4 Å². The number of rotatable bonds is 4. The summed E-state index contributed by atoms with van der Waals surface area (Å²) in [5, 5.41) is 8.90. The smallest absolute Gasteiger partial charge is 0.257 e. The molecule has 2 aromatic carbocycles. The molecule has 0 aliphatic carbocycles. The fourth-order valence-corrected chi connectivity index (χ4v) is 3.44. The summed E-state index contributed by atoms with van der Waals surface area (Å²) in [4.78, 5) is 40.4. The van der Waals surface area contributed by atoms with E-state index in [9.17, 15) is 14.4 Å². The molecular weight excluding hydrogens is 342 g/mol. The minimum atomic E-state index is -0.846. The summed E-state index contributed by atoms with van der Waals surface area (Å²) in [6.45, 7) is 3.25. The van der Waals surface area contributed by atoms with E-state index in [-0.39, 0.29) is 24.3 Å². The topological polar surface area (TPSA) is 81.5 Å². The number of amides is 3. The van der Waals surface area contributed by atoms with Crippen molar-refractivity contribution in [3.63, 3.8) is 0 Å². The average Bonchev–Trinajstić information content (AvgIpc) is 2.96. The summed E-state index contributed by atoms with van der Waals surface area (Å²) in [5.41, 5.74) is 1.74. The number of carbonyl (C=O) groups is 3. The van der Waals surface area contributed by atoms with Crippen LogP contribution in [0.1, 0.15) is 37.4 Å². The molecule has 27 heavy (non-hydrogen) atoms. The first-order valence-electron chi connectivity index (χ1n) is 8.65. The highest BCUT2D eigenvalue weighted by Gasteiger charge is 2.45. The van der Waals surface area contributed by atoms with Crippen LogP contribution in [0, 0.1) is 11.3 Å². The van der Waals surface area contributed by atoms with Crippen molar-refractivity contribution in [1.29, 1.82) is 5.26 Å². The number of imide groups is 1. The number of nitrogens with zero attached hydrogens (tertiary/aromatic N) is 3. The van der Waals surface area contributed by atoms with Crippen LogP contribution < -0.4 is 4.90 Å². The molecular formula is C21H19N3O3. The molecule has 2 unspecified atom stereocenters. The maximum Gasteiger partial charge on any atom is 0.257 e. The Bertz CT molecular complexity index is 916. The van der Waals surface area contributed by atoms with Crippen molar-refractivity contribution in [2.24, 2.45) is 0 Å². The number of hydrogen-bond donors (Lipinski definition) is 0. The minimum Gasteiger partial charge on any atom is -0.324 e. The van der Waals surface area contributed by atoms with Crippen LogP contribution in [0.25, 0.3) is 0 Å². The van der Waals surface area contributed by atoms with Gasteiger partial charge < -0.3 is 4.90 Å². The van der Waals surface area contributed by atoms with E-state index in [1.807, 2.05) is 43.3 Å². The van der Waals surface area contributed by atoms with E-state index in [0.717, 1.165) is 10.5 Å². The summed E-state index contributed by atoms with van der Waals surface area (Å²) in [6.07, 6.45) is -0.0599. The molecule has 0 radical (unpaired) electrons. The summed E-state index contributed by atoms with van der Waals surface area (Å²) < 4.78 is 0. The average molecular weight is 361 g/mol. The molecule has 1 aliphatic rings. The van der Waals surface area contributed by atoms with E-state index in [4.69, 9.17) is 5.26 Å². The molecule has 136 valence electrons. The second-order valence-corrected chi connectivity index (χ2v) is 6.46. The van der Waals surface area contributed by atoms with Crippen LogP contribution in [0.2, 0.25) is 0 Å². The van der Waals surface area contributed by atoms with E-state index < -0.39 is 11.9 Å². The van der Waals surface area contributed by atoms with Crippen molar-refractivity contribution < 1.29 is 14.4 Å². The molecule has 3 rings (SSSR count). The molecule has 1 fully saturated rings. The summed E-state index contributed by atoms with van der Waals surface area (Å²) in [5.74, 6) is -1.05. The summed E-state index contributed by atoms with van der Waals surface area (Å²) >= 11 is 0. The Morgan fingerprint density at radius 1 is 1.15 bits per heavy atom. The van der Waals surface area contributed by atoms with Gasteiger partial charge in [0.05, 0.1) is 29.8 Å². The van der Waals surface area contributed by atoms with Gasteiger partial charge >= 0.3 is 0 Å². The lowest BCUT2D eigenvalue weighted by Gasteiger charge is -2.32. The molecule has 1 saturated heterocycles. The molecule has 0 saturated carbocycles. The van der Waals surface area contributed by atoms with Crippen LogP contribution in [0.5, 0.6) is 0 Å². The fraction of sp³-hybridized carbons (Fsp3) is 0.238. The van der Waals surface area contributed by atoms with E-state index in [1.165, 1.54) is 11.8 Å². The Balaban J connectivity index is 1.91. The molecule has 0 N–H and O–H groups in total. The Morgan fingerprint density at radius 2 is 1.78 bits per heavy atom. The van der Waals surface area contributed by atoms with Gasteiger partial charge in [0.2, 0.25) is 11.8 Å². The SMILES string of the molecule is CC(=O)N(C1CC(=O)N(c2ccc(C#N)cc2)C1=O)C(C)c1ccccc1. The van der Waals surface area contributed by atoms with Gasteiger partial charge in [-0.3, -0.25) is 14.4 Å². The lowest BCUT2D eigenvalue weighted by molar-refractivity contribution is -0.139. The van der Waals surface area contributed by atoms with Crippen molar-refractivity contribution in [2.75, 3.05) is 4.90 Å². The number of benzene rings is 2. The van der Waals surface area contributed by atoms with Crippen LogP contribution in [0.15, 0.2) is 54.6 Å². The predicted octanol–water partition coefficient (Wildman–Crippen LogP) is 2.80. The van der Waals surface area contributed by atoms with Gasteiger partial charge in [0.25, 0.3) is 5.91 Å². The van der Waals surface area contributed by atoms with Gasteiger partial charge in [0.1, 0.15) is 6.04 Å². The predicted molar refractivity (Wildman–Crippen MR) is 99.4 cm³/mol. The van der Waals surface area contributed by atoms with Gasteiger partial charge in [-0.25, -0.2) is 4.90 Å². The maximum atomic E-state index is 13.0. The van der Waals surface area contributed by atoms with Gasteiger partial charge in [-0.05, 0) is 36.8 Å². The standard InChI is InChI=1S/C21H19N3O3/c1-14(17-6-4-3-5-7-17)23(15(2)25)19-12-20(26)24(21(19)27)18-10-8-16(13-22)9-11-18/h3-11,14,19H,12H2,1-2H3. The van der Waals surface area contributed by atoms with Crippen LogP contribution in [0.3, 0.4) is 0 Å². The summed E-state index contributed by atoms with van der Waals surface area (Å²) in [6, 6.07) is 16.4.